The number of hydrogen-bond acceptors (Lipinski definition) is 19. The van der Waals surface area contributed by atoms with E-state index in [1.54, 1.807) is 0 Å². The molecule has 11 N–H and O–H groups in total. The molecule has 0 bridgehead atoms. The number of aliphatic carboxylic acids is 1. The summed E-state index contributed by atoms with van der Waals surface area (Å²) < 4.78 is 36.5. The summed E-state index contributed by atoms with van der Waals surface area (Å²) in [6.07, 6.45) is -6.61. The van der Waals surface area contributed by atoms with Gasteiger partial charge in [-0.3, -0.25) is 14.4 Å². The third-order valence-electron chi connectivity index (χ3n) is 22.1. The summed E-state index contributed by atoms with van der Waals surface area (Å²) in [7, 11) is 0. The fourth-order valence-electron chi connectivity index (χ4n) is 16.9. The largest absolute Gasteiger partial charge is 0.481 e. The first-order chi connectivity index (χ1) is 38.1. The number of carboxylic acids is 1. The van der Waals surface area contributed by atoms with Crippen molar-refractivity contribution in [1.29, 1.82) is 0 Å². The van der Waals surface area contributed by atoms with Crippen LogP contribution in [-0.4, -0.2) is 193 Å². The lowest BCUT2D eigenvalue weighted by Gasteiger charge is -2.71. The van der Waals surface area contributed by atoms with Crippen molar-refractivity contribution in [2.75, 3.05) is 19.8 Å². The Balaban J connectivity index is 1.03. The summed E-state index contributed by atoms with van der Waals surface area (Å²) in [5.74, 6) is -2.44. The molecule has 1 amide bonds. The summed E-state index contributed by atoms with van der Waals surface area (Å²) >= 11 is 0. The fraction of sp³-hybridized carbons (Fsp3) is 0.900. The number of carbonyl (C=O) groups excluding carboxylic acids is 3. The Hall–Kier alpha value is -2.74. The van der Waals surface area contributed by atoms with Crippen LogP contribution in [0.25, 0.3) is 0 Å². The Kier molecular flexibility index (Phi) is 20.1. The highest BCUT2D eigenvalue weighted by Crippen LogP contribution is 2.76. The number of hydrogen-bond donors (Lipinski definition) is 11. The molecule has 8 rings (SSSR count). The number of unbranched alkanes of at least 4 members (excludes halogenated alkanes) is 7. The molecule has 21 heteroatoms. The van der Waals surface area contributed by atoms with Gasteiger partial charge in [0.15, 0.2) is 6.29 Å². The Morgan fingerprint density at radius 3 is 2.04 bits per heavy atom. The first kappa shape index (κ1) is 64.3. The minimum Gasteiger partial charge on any atom is -0.481 e. The molecule has 5 aliphatic carbocycles. The van der Waals surface area contributed by atoms with Gasteiger partial charge in [-0.1, -0.05) is 91.7 Å². The van der Waals surface area contributed by atoms with E-state index in [-0.39, 0.29) is 60.4 Å². The predicted octanol–water partition coefficient (Wildman–Crippen LogP) is 3.11. The number of rotatable bonds is 21. The summed E-state index contributed by atoms with van der Waals surface area (Å²) in [5.41, 5.74) is -2.77. The highest BCUT2D eigenvalue weighted by molar-refractivity contribution is 5.80. The number of ether oxygens (including phenoxy) is 6. The van der Waals surface area contributed by atoms with Crippen molar-refractivity contribution in [2.24, 2.45) is 50.2 Å². The molecule has 24 atom stereocenters. The van der Waals surface area contributed by atoms with Gasteiger partial charge in [0.05, 0.1) is 49.6 Å². The highest BCUT2D eigenvalue weighted by Gasteiger charge is 2.72. The maximum absolute atomic E-state index is 15.6. The molecular formula is C60H97NO20. The Labute approximate surface area is 476 Å². The monoisotopic (exact) mass is 1150 g/mol. The number of esters is 1. The van der Waals surface area contributed by atoms with Crippen LogP contribution < -0.4 is 5.32 Å². The van der Waals surface area contributed by atoms with E-state index in [1.807, 2.05) is 6.92 Å². The van der Waals surface area contributed by atoms with Crippen LogP contribution in [0.4, 0.5) is 0 Å². The van der Waals surface area contributed by atoms with Crippen LogP contribution in [0.15, 0.2) is 11.6 Å². The lowest BCUT2D eigenvalue weighted by Crippen LogP contribution is -2.69. The zero-order valence-corrected chi connectivity index (χ0v) is 48.7. The molecule has 81 heavy (non-hydrogen) atoms. The average Bonchev–Trinajstić information content (AvgIpc) is 2.52. The van der Waals surface area contributed by atoms with Crippen LogP contribution in [0.3, 0.4) is 0 Å². The van der Waals surface area contributed by atoms with Crippen molar-refractivity contribution in [3.63, 3.8) is 0 Å². The Bertz CT molecular complexity index is 2230. The van der Waals surface area contributed by atoms with Crippen molar-refractivity contribution in [1.82, 2.24) is 5.32 Å². The summed E-state index contributed by atoms with van der Waals surface area (Å²) in [6.45, 7) is 12.9. The second kappa shape index (κ2) is 25.3. The van der Waals surface area contributed by atoms with E-state index in [0.29, 0.717) is 38.5 Å². The lowest BCUT2D eigenvalue weighted by atomic mass is 9.33. The van der Waals surface area contributed by atoms with Gasteiger partial charge in [-0.05, 0) is 117 Å². The molecule has 8 aliphatic rings. The van der Waals surface area contributed by atoms with Crippen molar-refractivity contribution in [3.05, 3.63) is 11.6 Å². The van der Waals surface area contributed by atoms with E-state index in [4.69, 9.17) is 33.5 Å². The molecular weight excluding hydrogens is 1050 g/mol. The Morgan fingerprint density at radius 2 is 1.38 bits per heavy atom. The molecule has 12 unspecified atom stereocenters. The Morgan fingerprint density at radius 1 is 0.716 bits per heavy atom. The average molecular weight is 1150 g/mol. The van der Waals surface area contributed by atoms with Gasteiger partial charge >= 0.3 is 11.9 Å². The van der Waals surface area contributed by atoms with E-state index in [9.17, 15) is 60.3 Å². The summed E-state index contributed by atoms with van der Waals surface area (Å²) in [4.78, 5) is 52.9. The van der Waals surface area contributed by atoms with Crippen LogP contribution in [-0.2, 0) is 47.6 Å². The molecule has 3 heterocycles. The van der Waals surface area contributed by atoms with Crippen LogP contribution in [0.2, 0.25) is 0 Å². The quantitative estimate of drug-likeness (QED) is 0.0340. The molecule has 462 valence electrons. The van der Waals surface area contributed by atoms with Crippen molar-refractivity contribution in [3.8, 4) is 0 Å². The van der Waals surface area contributed by atoms with E-state index in [1.165, 1.54) is 6.92 Å². The molecule has 0 radical (unpaired) electrons. The number of amides is 1. The normalized spacial score (nSPS) is 46.6. The number of aliphatic hydroxyl groups is 9. The molecule has 0 aromatic rings. The molecule has 4 saturated carbocycles. The van der Waals surface area contributed by atoms with E-state index in [2.05, 4.69) is 46.0 Å². The third kappa shape index (κ3) is 12.1. The highest BCUT2D eigenvalue weighted by atomic mass is 16.7. The molecule has 3 aliphatic heterocycles. The van der Waals surface area contributed by atoms with Gasteiger partial charge in [0, 0.05) is 12.8 Å². The third-order valence-corrected chi connectivity index (χ3v) is 22.1. The van der Waals surface area contributed by atoms with Gasteiger partial charge < -0.3 is 89.6 Å². The van der Waals surface area contributed by atoms with Gasteiger partial charge in [-0.2, -0.15) is 0 Å². The zero-order valence-electron chi connectivity index (χ0n) is 48.7. The lowest BCUT2D eigenvalue weighted by molar-refractivity contribution is -0.327. The standard InChI is InChI=1S/C60H97NO20/c1-32-50(80-52-49(74)45(70)35(64)29-77-52)48(73)46(71)37(78-32)30-76-51-47(72)44(61-42(67)16-14-12-10-8-9-11-13-15-17-43(68)69)36(28-62)79-53(51)81-54(75)60-25-24-55(2,3)26-34(60)33-18-19-39-56(4)22-21-40(65)57(5,31-63)38(56)20-23-58(39,6)59(33,7)27-41(60)66/h18,31-32,34-41,44-53,62,64-66,70-74H,8-17,19-30H2,1-7H3,(H,61,67)(H,68,69)/t32?,34?,35-,36?,37+,38-,39?,40+,41?,44+,45?,46?,47?,48?,49?,50+,51?,52+,53+,56?,57-,58+,59-,60-/m1/s1. The van der Waals surface area contributed by atoms with E-state index < -0.39 is 151 Å². The minimum atomic E-state index is -1.75. The number of nitrogens with one attached hydrogen (secondary N) is 1. The number of allylic oxidation sites excluding steroid dienone is 2. The van der Waals surface area contributed by atoms with Gasteiger partial charge in [-0.15, -0.1) is 0 Å². The van der Waals surface area contributed by atoms with E-state index in [0.717, 1.165) is 69.6 Å². The minimum absolute atomic E-state index is 0.0390. The van der Waals surface area contributed by atoms with Crippen LogP contribution in [0.1, 0.15) is 170 Å². The second-order valence-corrected chi connectivity index (χ2v) is 27.5. The van der Waals surface area contributed by atoms with Gasteiger partial charge in [0.25, 0.3) is 0 Å². The maximum Gasteiger partial charge on any atom is 0.317 e. The van der Waals surface area contributed by atoms with Crippen LogP contribution in [0.5, 0.6) is 0 Å². The molecule has 0 aromatic carbocycles. The van der Waals surface area contributed by atoms with Crippen LogP contribution >= 0.6 is 0 Å². The van der Waals surface area contributed by atoms with Gasteiger partial charge in [0.2, 0.25) is 12.2 Å². The van der Waals surface area contributed by atoms with E-state index >= 15 is 4.79 Å². The zero-order chi connectivity index (χ0) is 59.2. The first-order valence-corrected chi connectivity index (χ1v) is 30.3. The molecule has 0 spiro atoms. The number of carboxylic acid groups (broad SMARTS) is 1. The molecule has 7 fully saturated rings. The SMILES string of the molecule is CC1O[C@@H](COC2C(O)[C@@H](NC(=O)CCCCCCCCCCC(=O)O)C(CO)O[C@H]2OC(=O)[C@]23CCC(C)(C)CC2C2=CCC4C5(C)CC[C@H](O)[C@](C)(C=O)[C@@H]5CC[C@]4(C)[C@]2(C)CC3O)C(O)C(O)[C@H]1O[C@@H]1OC[C@@H](O)C(O)C1O. The predicted molar refractivity (Wildman–Crippen MR) is 289 cm³/mol. The van der Waals surface area contributed by atoms with Crippen molar-refractivity contribution >= 4 is 24.1 Å². The topological polar surface area (TPSA) is 338 Å². The van der Waals surface area contributed by atoms with Crippen LogP contribution in [0, 0.1) is 50.2 Å². The maximum atomic E-state index is 15.6. The molecule has 3 saturated heterocycles. The van der Waals surface area contributed by atoms with Crippen molar-refractivity contribution < 1.29 is 98.7 Å². The van der Waals surface area contributed by atoms with Crippen molar-refractivity contribution in [2.45, 2.75) is 268 Å². The smallest absolute Gasteiger partial charge is 0.317 e. The number of fused-ring (bicyclic) bond motifs is 7. The van der Waals surface area contributed by atoms with Gasteiger partial charge in [0.1, 0.15) is 72.7 Å². The van der Waals surface area contributed by atoms with Gasteiger partial charge in [-0.25, -0.2) is 0 Å². The number of aliphatic hydroxyl groups excluding tert-OH is 9. The number of carbonyl (C=O) groups is 4. The first-order valence-electron chi connectivity index (χ1n) is 30.3. The summed E-state index contributed by atoms with van der Waals surface area (Å²) in [5, 5.41) is 113. The molecule has 0 aromatic heterocycles. The fourth-order valence-corrected chi connectivity index (χ4v) is 16.9. The summed E-state index contributed by atoms with van der Waals surface area (Å²) in [6, 6.07) is -1.29. The molecule has 21 nitrogen and oxygen atoms in total. The number of aldehydes is 1. The second-order valence-electron chi connectivity index (χ2n) is 27.5.